The van der Waals surface area contributed by atoms with E-state index in [1.807, 2.05) is 30.3 Å². The number of nitrogens with one attached hydrogen (secondary N) is 1. The number of carbonyl (C=O) groups is 2. The Morgan fingerprint density at radius 1 is 1.00 bits per heavy atom. The van der Waals surface area contributed by atoms with E-state index in [9.17, 15) is 18.0 Å². The van der Waals surface area contributed by atoms with Crippen LogP contribution in [0.5, 0.6) is 5.75 Å². The first kappa shape index (κ1) is 29.0. The number of likely N-dealkylation sites (N-methyl/N-ethyl adjacent to an activating group) is 1. The lowest BCUT2D eigenvalue weighted by Crippen LogP contribution is -2.52. The van der Waals surface area contributed by atoms with Gasteiger partial charge in [0.05, 0.1) is 17.7 Å². The molecule has 0 radical (unpaired) electrons. The number of rotatable bonds is 12. The van der Waals surface area contributed by atoms with Crippen LogP contribution in [0.1, 0.15) is 18.9 Å². The highest BCUT2D eigenvalue weighted by Crippen LogP contribution is 2.35. The molecular weight excluding hydrogens is 526 g/mol. The summed E-state index contributed by atoms with van der Waals surface area (Å²) in [7, 11) is -1.29. The summed E-state index contributed by atoms with van der Waals surface area (Å²) in [6.45, 7) is 1.47. The minimum absolute atomic E-state index is 0.00371. The third kappa shape index (κ3) is 6.85. The molecule has 38 heavy (non-hydrogen) atoms. The van der Waals surface area contributed by atoms with E-state index in [2.05, 4.69) is 5.32 Å². The van der Waals surface area contributed by atoms with Crippen LogP contribution in [0.3, 0.4) is 0 Å². The Morgan fingerprint density at radius 2 is 1.63 bits per heavy atom. The fourth-order valence-electron chi connectivity index (χ4n) is 4.15. The molecule has 8 nitrogen and oxygen atoms in total. The van der Waals surface area contributed by atoms with E-state index < -0.39 is 28.5 Å². The number of halogens is 1. The summed E-state index contributed by atoms with van der Waals surface area (Å²) < 4.78 is 34.1. The van der Waals surface area contributed by atoms with Gasteiger partial charge in [-0.25, -0.2) is 8.42 Å². The molecule has 0 heterocycles. The summed E-state index contributed by atoms with van der Waals surface area (Å²) in [5, 5.41) is 2.89. The van der Waals surface area contributed by atoms with Crippen molar-refractivity contribution in [2.45, 2.75) is 30.7 Å². The number of hydrogen-bond donors (Lipinski definition) is 1. The SMILES string of the molecule is CCC(C(=O)NC)N(CCc1ccccc1)C(=O)CN(c1cc(Cl)ccc1OC)S(=O)(=O)c1ccccc1. The lowest BCUT2D eigenvalue weighted by atomic mass is 10.1. The normalized spacial score (nSPS) is 11.9. The van der Waals surface area contributed by atoms with Gasteiger partial charge in [-0.1, -0.05) is 67.1 Å². The minimum atomic E-state index is -4.21. The smallest absolute Gasteiger partial charge is 0.264 e. The average Bonchev–Trinajstić information content (AvgIpc) is 2.94. The lowest BCUT2D eigenvalue weighted by molar-refractivity contribution is -0.139. The highest BCUT2D eigenvalue weighted by molar-refractivity contribution is 7.92. The second-order valence-corrected chi connectivity index (χ2v) is 10.8. The van der Waals surface area contributed by atoms with Crippen LogP contribution in [0.2, 0.25) is 5.02 Å². The summed E-state index contributed by atoms with van der Waals surface area (Å²) in [6.07, 6.45) is 0.845. The van der Waals surface area contributed by atoms with Crippen LogP contribution in [0.25, 0.3) is 0 Å². The minimum Gasteiger partial charge on any atom is -0.495 e. The third-order valence-electron chi connectivity index (χ3n) is 6.14. The Kier molecular flexibility index (Phi) is 10.2. The molecule has 0 saturated heterocycles. The molecule has 0 aliphatic carbocycles. The summed E-state index contributed by atoms with van der Waals surface area (Å²) in [6, 6.07) is 21.2. The predicted molar refractivity (Wildman–Crippen MR) is 149 cm³/mol. The largest absolute Gasteiger partial charge is 0.495 e. The number of hydrogen-bond acceptors (Lipinski definition) is 5. The zero-order valence-electron chi connectivity index (χ0n) is 21.6. The number of methoxy groups -OCH3 is 1. The van der Waals surface area contributed by atoms with Crippen LogP contribution in [-0.2, 0) is 26.0 Å². The standard InChI is InChI=1S/C28H32ClN3O5S/c1-4-24(28(34)30-2)31(18-17-21-11-7-5-8-12-21)27(33)20-32(25-19-22(29)15-16-26(25)37-3)38(35,36)23-13-9-6-10-14-23/h5-16,19,24H,4,17-18,20H2,1-3H3,(H,30,34). The first-order valence-corrected chi connectivity index (χ1v) is 14.0. The summed E-state index contributed by atoms with van der Waals surface area (Å²) in [5.74, 6) is -0.625. The van der Waals surface area contributed by atoms with Crippen molar-refractivity contribution in [1.29, 1.82) is 0 Å². The van der Waals surface area contributed by atoms with Crippen LogP contribution in [0.15, 0.2) is 83.8 Å². The summed E-state index contributed by atoms with van der Waals surface area (Å²) in [5.41, 5.74) is 1.11. The molecule has 3 rings (SSSR count). The molecule has 2 amide bonds. The fourth-order valence-corrected chi connectivity index (χ4v) is 5.76. The van der Waals surface area contributed by atoms with Crippen LogP contribution >= 0.6 is 11.6 Å². The first-order valence-electron chi connectivity index (χ1n) is 12.2. The van der Waals surface area contributed by atoms with Gasteiger partial charge in [0.15, 0.2) is 0 Å². The van der Waals surface area contributed by atoms with Gasteiger partial charge in [-0.2, -0.15) is 0 Å². The van der Waals surface area contributed by atoms with E-state index in [4.69, 9.17) is 16.3 Å². The molecule has 3 aromatic rings. The average molecular weight is 558 g/mol. The Morgan fingerprint density at radius 3 is 2.21 bits per heavy atom. The second-order valence-electron chi connectivity index (χ2n) is 8.50. The van der Waals surface area contributed by atoms with Crippen LogP contribution in [-0.4, -0.2) is 58.4 Å². The van der Waals surface area contributed by atoms with Gasteiger partial charge in [0.25, 0.3) is 10.0 Å². The predicted octanol–water partition coefficient (Wildman–Crippen LogP) is 4.14. The summed E-state index contributed by atoms with van der Waals surface area (Å²) >= 11 is 6.24. The molecule has 0 aliphatic heterocycles. The molecule has 0 saturated carbocycles. The third-order valence-corrected chi connectivity index (χ3v) is 8.15. The maximum Gasteiger partial charge on any atom is 0.264 e. The molecule has 3 aromatic carbocycles. The Labute approximate surface area is 229 Å². The van der Waals surface area contributed by atoms with Gasteiger partial charge in [-0.3, -0.25) is 13.9 Å². The van der Waals surface area contributed by atoms with E-state index in [0.29, 0.717) is 12.8 Å². The molecule has 1 unspecified atom stereocenters. The van der Waals surface area contributed by atoms with Gasteiger partial charge < -0.3 is 15.0 Å². The fraction of sp³-hybridized carbons (Fsp3) is 0.286. The van der Waals surface area contributed by atoms with Gasteiger partial charge in [-0.05, 0) is 48.7 Å². The molecule has 0 aliphatic rings. The molecule has 1 atom stereocenters. The number of amides is 2. The van der Waals surface area contributed by atoms with Crippen molar-refractivity contribution < 1.29 is 22.7 Å². The quantitative estimate of drug-likeness (QED) is 0.361. The highest BCUT2D eigenvalue weighted by Gasteiger charge is 2.34. The van der Waals surface area contributed by atoms with Crippen molar-refractivity contribution in [3.05, 3.63) is 89.4 Å². The van der Waals surface area contributed by atoms with Crippen molar-refractivity contribution >= 4 is 39.1 Å². The summed E-state index contributed by atoms with van der Waals surface area (Å²) in [4.78, 5) is 28.1. The zero-order valence-corrected chi connectivity index (χ0v) is 23.2. The van der Waals surface area contributed by atoms with Gasteiger partial charge in [0, 0.05) is 18.6 Å². The highest BCUT2D eigenvalue weighted by atomic mass is 35.5. The van der Waals surface area contributed by atoms with Gasteiger partial charge in [0.2, 0.25) is 11.8 Å². The van der Waals surface area contributed by atoms with Gasteiger partial charge in [0.1, 0.15) is 18.3 Å². The van der Waals surface area contributed by atoms with E-state index in [1.54, 1.807) is 37.3 Å². The molecular formula is C28H32ClN3O5S. The maximum absolute atomic E-state index is 13.9. The number of carbonyl (C=O) groups excluding carboxylic acids is 2. The molecule has 202 valence electrons. The molecule has 0 fully saturated rings. The Hall–Kier alpha value is -3.56. The molecule has 0 spiro atoms. The molecule has 0 bridgehead atoms. The van der Waals surface area contributed by atoms with Gasteiger partial charge in [-0.15, -0.1) is 0 Å². The molecule has 1 N–H and O–H groups in total. The van der Waals surface area contributed by atoms with E-state index >= 15 is 0 Å². The number of ether oxygens (including phenoxy) is 1. The molecule has 0 aromatic heterocycles. The van der Waals surface area contributed by atoms with Crippen LogP contribution < -0.4 is 14.4 Å². The van der Waals surface area contributed by atoms with Crippen molar-refractivity contribution in [3.63, 3.8) is 0 Å². The first-order chi connectivity index (χ1) is 18.2. The number of anilines is 1. The van der Waals surface area contributed by atoms with Gasteiger partial charge >= 0.3 is 0 Å². The van der Waals surface area contributed by atoms with Crippen molar-refractivity contribution in [2.24, 2.45) is 0 Å². The lowest BCUT2D eigenvalue weighted by Gasteiger charge is -2.33. The van der Waals surface area contributed by atoms with Crippen molar-refractivity contribution in [2.75, 3.05) is 31.6 Å². The Bertz CT molecular complexity index is 1340. The second kappa shape index (κ2) is 13.3. The monoisotopic (exact) mass is 557 g/mol. The number of benzene rings is 3. The van der Waals surface area contributed by atoms with Crippen LogP contribution in [0.4, 0.5) is 5.69 Å². The number of sulfonamides is 1. The maximum atomic E-state index is 13.9. The van der Waals surface area contributed by atoms with Crippen molar-refractivity contribution in [3.8, 4) is 5.75 Å². The van der Waals surface area contributed by atoms with E-state index in [1.165, 1.54) is 37.3 Å². The van der Waals surface area contributed by atoms with Crippen molar-refractivity contribution in [1.82, 2.24) is 10.2 Å². The van der Waals surface area contributed by atoms with E-state index in [-0.39, 0.29) is 33.8 Å². The van der Waals surface area contributed by atoms with Crippen LogP contribution in [0, 0.1) is 0 Å². The topological polar surface area (TPSA) is 96.0 Å². The van der Waals surface area contributed by atoms with E-state index in [0.717, 1.165) is 9.87 Å². The molecule has 10 heteroatoms. The number of nitrogens with zero attached hydrogens (tertiary/aromatic N) is 2. The Balaban J connectivity index is 2.06. The zero-order chi connectivity index (χ0) is 27.7.